The van der Waals surface area contributed by atoms with Crippen molar-refractivity contribution >= 4 is 37.3 Å². The van der Waals surface area contributed by atoms with Gasteiger partial charge in [-0.25, -0.2) is 21.1 Å². The summed E-state index contributed by atoms with van der Waals surface area (Å²) in [5.74, 6) is -0.362. The number of rotatable bonds is 11. The maximum absolute atomic E-state index is 13.6. The summed E-state index contributed by atoms with van der Waals surface area (Å²) in [6.45, 7) is 2.28. The van der Waals surface area contributed by atoms with E-state index in [0.717, 1.165) is 10.7 Å². The summed E-state index contributed by atoms with van der Waals surface area (Å²) in [5.41, 5.74) is 0.763. The van der Waals surface area contributed by atoms with Crippen LogP contribution >= 0.6 is 0 Å². The Bertz CT molecular complexity index is 1460. The number of hydrogen-bond donors (Lipinski definition) is 1. The van der Waals surface area contributed by atoms with Gasteiger partial charge in [-0.15, -0.1) is 0 Å². The van der Waals surface area contributed by atoms with E-state index in [4.69, 9.17) is 4.74 Å². The number of amides is 1. The average molecular weight is 546 g/mol. The van der Waals surface area contributed by atoms with Crippen LogP contribution in [0, 0.1) is 0 Å². The van der Waals surface area contributed by atoms with Crippen molar-refractivity contribution in [3.8, 4) is 5.75 Å². The summed E-state index contributed by atoms with van der Waals surface area (Å²) in [4.78, 5) is 13.1. The molecule has 37 heavy (non-hydrogen) atoms. The Morgan fingerprint density at radius 3 is 2.16 bits per heavy atom. The Kier molecular flexibility index (Phi) is 8.95. The molecule has 0 saturated carbocycles. The summed E-state index contributed by atoms with van der Waals surface area (Å²) in [7, 11) is -3.51. The summed E-state index contributed by atoms with van der Waals surface area (Å²) >= 11 is 0. The molecule has 0 aliphatic carbocycles. The molecule has 0 unspecified atom stereocenters. The van der Waals surface area contributed by atoms with Gasteiger partial charge in [-0.1, -0.05) is 37.6 Å². The molecule has 1 N–H and O–H groups in total. The third-order valence-corrected chi connectivity index (χ3v) is 9.28. The third-order valence-electron chi connectivity index (χ3n) is 5.64. The van der Waals surface area contributed by atoms with Gasteiger partial charge in [0.25, 0.3) is 15.9 Å². The second-order valence-electron chi connectivity index (χ2n) is 8.40. The quantitative estimate of drug-likeness (QED) is 0.387. The summed E-state index contributed by atoms with van der Waals surface area (Å²) in [6, 6.07) is 18.7. The van der Waals surface area contributed by atoms with Crippen LogP contribution in [0.15, 0.2) is 82.6 Å². The van der Waals surface area contributed by atoms with Crippen molar-refractivity contribution in [2.24, 2.45) is 0 Å². The smallest absolute Gasteiger partial charge is 0.264 e. The number of nitrogens with zero attached hydrogens (tertiary/aromatic N) is 2. The Morgan fingerprint density at radius 2 is 1.54 bits per heavy atom. The van der Waals surface area contributed by atoms with Crippen LogP contribution in [0.4, 0.5) is 11.4 Å². The monoisotopic (exact) mass is 545 g/mol. The lowest BCUT2D eigenvalue weighted by Crippen LogP contribution is -2.32. The fourth-order valence-electron chi connectivity index (χ4n) is 3.56. The minimum atomic E-state index is -3.96. The Balaban J connectivity index is 1.96. The molecule has 0 aliphatic heterocycles. The molecule has 9 nitrogen and oxygen atoms in total. The maximum Gasteiger partial charge on any atom is 0.264 e. The van der Waals surface area contributed by atoms with Crippen LogP contribution in [-0.4, -0.2) is 54.8 Å². The van der Waals surface area contributed by atoms with Gasteiger partial charge in [-0.2, -0.15) is 0 Å². The third kappa shape index (κ3) is 6.30. The summed E-state index contributed by atoms with van der Waals surface area (Å²) in [5, 5.41) is 2.65. The Morgan fingerprint density at radius 1 is 0.865 bits per heavy atom. The van der Waals surface area contributed by atoms with E-state index >= 15 is 0 Å². The van der Waals surface area contributed by atoms with E-state index in [0.29, 0.717) is 18.7 Å². The molecule has 0 fully saturated rings. The first-order valence-corrected chi connectivity index (χ1v) is 14.5. The molecule has 3 aromatic rings. The van der Waals surface area contributed by atoms with Gasteiger partial charge >= 0.3 is 0 Å². The molecule has 3 rings (SSSR count). The zero-order valence-corrected chi connectivity index (χ0v) is 22.8. The normalized spacial score (nSPS) is 11.8. The average Bonchev–Trinajstić information content (AvgIpc) is 2.89. The van der Waals surface area contributed by atoms with Crippen LogP contribution in [0.2, 0.25) is 0 Å². The van der Waals surface area contributed by atoms with Gasteiger partial charge in [0, 0.05) is 26.2 Å². The Labute approximate surface area is 218 Å². The highest BCUT2D eigenvalue weighted by atomic mass is 32.2. The predicted molar refractivity (Wildman–Crippen MR) is 144 cm³/mol. The Hall–Kier alpha value is -3.41. The molecule has 0 bridgehead atoms. The molecule has 0 atom stereocenters. The van der Waals surface area contributed by atoms with Gasteiger partial charge < -0.3 is 10.1 Å². The number of nitrogens with one attached hydrogen (secondary N) is 1. The lowest BCUT2D eigenvalue weighted by Gasteiger charge is -2.24. The number of anilines is 2. The number of methoxy groups -OCH3 is 1. The second kappa shape index (κ2) is 11.8. The zero-order valence-electron chi connectivity index (χ0n) is 21.2. The van der Waals surface area contributed by atoms with Crippen LogP contribution in [0.1, 0.15) is 30.1 Å². The lowest BCUT2D eigenvalue weighted by atomic mass is 10.2. The summed E-state index contributed by atoms with van der Waals surface area (Å²) < 4.78 is 60.0. The van der Waals surface area contributed by atoms with Crippen LogP contribution in [0.3, 0.4) is 0 Å². The number of carbonyl (C=O) groups is 1. The molecule has 0 aromatic heterocycles. The van der Waals surface area contributed by atoms with Crippen molar-refractivity contribution in [1.29, 1.82) is 0 Å². The van der Waals surface area contributed by atoms with E-state index in [2.05, 4.69) is 5.32 Å². The molecule has 11 heteroatoms. The SMILES string of the molecule is CCCCN(c1ccccc1)S(=O)(=O)c1cccc(C(=O)Nc2cc(S(=O)(=O)N(C)C)ccc2OC)c1. The number of benzene rings is 3. The molecule has 1 amide bonds. The van der Waals surface area contributed by atoms with Gasteiger partial charge in [0.05, 0.1) is 28.3 Å². The fourth-order valence-corrected chi connectivity index (χ4v) is 6.04. The predicted octanol–water partition coefficient (Wildman–Crippen LogP) is 4.19. The standard InChI is InChI=1S/C26H31N3O6S2/c1-5-6-17-29(21-12-8-7-9-13-21)37(33,34)22-14-10-11-20(18-22)26(30)27-24-19-23(15-16-25(24)35-4)36(31,32)28(2)3/h7-16,18-19H,5-6,17H2,1-4H3,(H,27,30). The van der Waals surface area contributed by atoms with Gasteiger partial charge in [-0.05, 0) is 55.0 Å². The van der Waals surface area contributed by atoms with Crippen molar-refractivity contribution in [2.75, 3.05) is 37.4 Å². The van der Waals surface area contributed by atoms with E-state index in [9.17, 15) is 21.6 Å². The molecule has 0 heterocycles. The highest BCUT2D eigenvalue weighted by Gasteiger charge is 2.26. The highest BCUT2D eigenvalue weighted by molar-refractivity contribution is 7.92. The molecule has 0 radical (unpaired) electrons. The number of unbranched alkanes of at least 4 members (excludes halogenated alkanes) is 1. The highest BCUT2D eigenvalue weighted by Crippen LogP contribution is 2.30. The van der Waals surface area contributed by atoms with Crippen molar-refractivity contribution in [3.05, 3.63) is 78.4 Å². The fraction of sp³-hybridized carbons (Fsp3) is 0.269. The molecular formula is C26H31N3O6S2. The molecule has 0 spiro atoms. The maximum atomic E-state index is 13.6. The zero-order chi connectivity index (χ0) is 27.2. The van der Waals surface area contributed by atoms with Crippen LogP contribution < -0.4 is 14.4 Å². The van der Waals surface area contributed by atoms with E-state index in [-0.39, 0.29) is 26.8 Å². The first kappa shape index (κ1) is 28.2. The topological polar surface area (TPSA) is 113 Å². The van der Waals surface area contributed by atoms with Crippen LogP contribution in [0.25, 0.3) is 0 Å². The van der Waals surface area contributed by atoms with Gasteiger partial charge in [-0.3, -0.25) is 9.10 Å². The minimum absolute atomic E-state index is 0.0284. The number of hydrogen-bond acceptors (Lipinski definition) is 6. The molecule has 3 aromatic carbocycles. The molecule has 198 valence electrons. The lowest BCUT2D eigenvalue weighted by molar-refractivity contribution is 0.102. The van der Waals surface area contributed by atoms with E-state index in [1.807, 2.05) is 13.0 Å². The second-order valence-corrected chi connectivity index (χ2v) is 12.4. The van der Waals surface area contributed by atoms with E-state index in [1.54, 1.807) is 24.3 Å². The van der Waals surface area contributed by atoms with Crippen molar-refractivity contribution < 1.29 is 26.4 Å². The number of sulfonamides is 2. The number of para-hydroxylation sites is 1. The molecule has 0 saturated heterocycles. The van der Waals surface area contributed by atoms with Gasteiger partial charge in [0.2, 0.25) is 10.0 Å². The molecular weight excluding hydrogens is 514 g/mol. The largest absolute Gasteiger partial charge is 0.495 e. The van der Waals surface area contributed by atoms with Gasteiger partial charge in [0.15, 0.2) is 0 Å². The van der Waals surface area contributed by atoms with Crippen molar-refractivity contribution in [3.63, 3.8) is 0 Å². The number of carbonyl (C=O) groups excluding carboxylic acids is 1. The van der Waals surface area contributed by atoms with E-state index < -0.39 is 26.0 Å². The minimum Gasteiger partial charge on any atom is -0.495 e. The van der Waals surface area contributed by atoms with Crippen molar-refractivity contribution in [1.82, 2.24) is 4.31 Å². The van der Waals surface area contributed by atoms with Crippen LogP contribution in [-0.2, 0) is 20.0 Å². The number of ether oxygens (including phenoxy) is 1. The molecule has 0 aliphatic rings. The summed E-state index contributed by atoms with van der Waals surface area (Å²) in [6.07, 6.45) is 1.48. The first-order chi connectivity index (χ1) is 17.5. The van der Waals surface area contributed by atoms with Gasteiger partial charge in [0.1, 0.15) is 5.75 Å². The van der Waals surface area contributed by atoms with Crippen LogP contribution in [0.5, 0.6) is 5.75 Å². The van der Waals surface area contributed by atoms with E-state index in [1.165, 1.54) is 68.0 Å². The van der Waals surface area contributed by atoms with Crippen molar-refractivity contribution in [2.45, 2.75) is 29.6 Å². The first-order valence-electron chi connectivity index (χ1n) is 11.6.